The number of Topliss-reactive ketones (excluding diaryl/α,β-unsaturated/α-hetero) is 1. The number of aromatic nitrogens is 1. The molecule has 5 heteroatoms. The van der Waals surface area contributed by atoms with Gasteiger partial charge in [-0.3, -0.25) is 4.79 Å². The lowest BCUT2D eigenvalue weighted by molar-refractivity contribution is 0.0991. The highest BCUT2D eigenvalue weighted by atomic mass is 79.9. The minimum atomic E-state index is -0.526. The van der Waals surface area contributed by atoms with Crippen LogP contribution in [0, 0.1) is 13.8 Å². The van der Waals surface area contributed by atoms with Crippen LogP contribution in [-0.4, -0.2) is 22.8 Å². The second-order valence-electron chi connectivity index (χ2n) is 4.92. The van der Waals surface area contributed by atoms with Crippen LogP contribution in [0.15, 0.2) is 28.7 Å². The van der Waals surface area contributed by atoms with Gasteiger partial charge in [0.25, 0.3) is 0 Å². The molecule has 1 unspecified atom stereocenters. The molecule has 1 atom stereocenters. The number of benzene rings is 1. The molecule has 0 saturated carbocycles. The summed E-state index contributed by atoms with van der Waals surface area (Å²) in [6.07, 6.45) is 0. The fraction of sp³-hybridized carbons (Fsp3) is 0.312. The normalized spacial score (nSPS) is 12.3. The number of nitrogens with zero attached hydrogens (tertiary/aromatic N) is 1. The molecule has 0 saturated heterocycles. The monoisotopic (exact) mass is 369 g/mol. The lowest BCUT2D eigenvalue weighted by Gasteiger charge is -2.12. The number of alkyl halides is 1. The SMILES string of the molecule is COc1ccc(-n2c(C)cc(C(=O)C(C)Cl)c2C)cc1Br. The van der Waals surface area contributed by atoms with Gasteiger partial charge in [-0.05, 0) is 61.0 Å². The van der Waals surface area contributed by atoms with Crippen molar-refractivity contribution in [2.24, 2.45) is 0 Å². The molecule has 0 fully saturated rings. The average molecular weight is 371 g/mol. The standard InChI is InChI=1S/C16H17BrClNO2/c1-9-7-13(16(20)10(2)18)11(3)19(9)12-5-6-15(21-4)14(17)8-12/h5-8,10H,1-4H3. The van der Waals surface area contributed by atoms with Gasteiger partial charge in [0.05, 0.1) is 17.0 Å². The van der Waals surface area contributed by atoms with Crippen LogP contribution < -0.4 is 4.74 Å². The number of ketones is 1. The third kappa shape index (κ3) is 3.01. The zero-order valence-electron chi connectivity index (χ0n) is 12.4. The van der Waals surface area contributed by atoms with Crippen molar-refractivity contribution < 1.29 is 9.53 Å². The Morgan fingerprint density at radius 3 is 2.52 bits per heavy atom. The van der Waals surface area contributed by atoms with Crippen molar-refractivity contribution in [3.8, 4) is 11.4 Å². The number of aryl methyl sites for hydroxylation is 1. The molecule has 2 aromatic rings. The van der Waals surface area contributed by atoms with Gasteiger partial charge in [0, 0.05) is 22.6 Å². The molecule has 0 radical (unpaired) electrons. The molecule has 3 nitrogen and oxygen atoms in total. The molecule has 0 aliphatic heterocycles. The molecule has 1 aromatic heterocycles. The Kier molecular flexibility index (Phi) is 4.79. The first-order chi connectivity index (χ1) is 9.86. The lowest BCUT2D eigenvalue weighted by atomic mass is 10.1. The van der Waals surface area contributed by atoms with E-state index in [-0.39, 0.29) is 5.78 Å². The first kappa shape index (κ1) is 16.1. The van der Waals surface area contributed by atoms with Gasteiger partial charge < -0.3 is 9.30 Å². The summed E-state index contributed by atoms with van der Waals surface area (Å²) in [5.74, 6) is 0.718. The molecule has 1 aromatic carbocycles. The summed E-state index contributed by atoms with van der Waals surface area (Å²) in [6, 6.07) is 7.71. The van der Waals surface area contributed by atoms with E-state index in [4.69, 9.17) is 16.3 Å². The molecular weight excluding hydrogens is 354 g/mol. The van der Waals surface area contributed by atoms with Crippen molar-refractivity contribution in [2.45, 2.75) is 26.1 Å². The summed E-state index contributed by atoms with van der Waals surface area (Å²) < 4.78 is 8.15. The average Bonchev–Trinajstić information content (AvgIpc) is 2.73. The van der Waals surface area contributed by atoms with E-state index in [1.807, 2.05) is 42.7 Å². The summed E-state index contributed by atoms with van der Waals surface area (Å²) in [6.45, 7) is 5.60. The van der Waals surface area contributed by atoms with Crippen LogP contribution >= 0.6 is 27.5 Å². The molecular formula is C16H17BrClNO2. The number of carbonyl (C=O) groups is 1. The quantitative estimate of drug-likeness (QED) is 0.578. The molecule has 0 bridgehead atoms. The van der Waals surface area contributed by atoms with Gasteiger partial charge in [0.2, 0.25) is 0 Å². The van der Waals surface area contributed by atoms with Gasteiger partial charge >= 0.3 is 0 Å². The Balaban J connectivity index is 2.55. The Hall–Kier alpha value is -1.26. The first-order valence-corrected chi connectivity index (χ1v) is 7.81. The third-order valence-electron chi connectivity index (χ3n) is 3.45. The number of hydrogen-bond donors (Lipinski definition) is 0. The van der Waals surface area contributed by atoms with Crippen molar-refractivity contribution in [1.82, 2.24) is 4.57 Å². The second kappa shape index (κ2) is 6.24. The maximum Gasteiger partial charge on any atom is 0.182 e. The molecule has 0 N–H and O–H groups in total. The largest absolute Gasteiger partial charge is 0.496 e. The maximum atomic E-state index is 12.2. The Bertz CT molecular complexity index is 692. The number of halogens is 2. The molecule has 1 heterocycles. The Morgan fingerprint density at radius 1 is 1.33 bits per heavy atom. The maximum absolute atomic E-state index is 12.2. The van der Waals surface area contributed by atoms with Crippen LogP contribution in [0.2, 0.25) is 0 Å². The van der Waals surface area contributed by atoms with Crippen molar-refractivity contribution in [3.05, 3.63) is 45.7 Å². The van der Waals surface area contributed by atoms with Crippen molar-refractivity contribution in [2.75, 3.05) is 7.11 Å². The third-order valence-corrected chi connectivity index (χ3v) is 4.27. The summed E-state index contributed by atoms with van der Waals surface area (Å²) >= 11 is 9.41. The molecule has 2 rings (SSSR count). The number of carbonyl (C=O) groups excluding carboxylic acids is 1. The number of rotatable bonds is 4. The van der Waals surface area contributed by atoms with Gasteiger partial charge in [0.1, 0.15) is 5.75 Å². The van der Waals surface area contributed by atoms with E-state index in [0.29, 0.717) is 5.56 Å². The fourth-order valence-electron chi connectivity index (χ4n) is 2.42. The number of hydrogen-bond acceptors (Lipinski definition) is 2. The molecule has 21 heavy (non-hydrogen) atoms. The van der Waals surface area contributed by atoms with Crippen molar-refractivity contribution in [3.63, 3.8) is 0 Å². The van der Waals surface area contributed by atoms with Crippen molar-refractivity contribution in [1.29, 1.82) is 0 Å². The van der Waals surface area contributed by atoms with Gasteiger partial charge in [0.15, 0.2) is 5.78 Å². The van der Waals surface area contributed by atoms with Crippen LogP contribution in [0.5, 0.6) is 5.75 Å². The van der Waals surface area contributed by atoms with E-state index in [9.17, 15) is 4.79 Å². The molecule has 112 valence electrons. The smallest absolute Gasteiger partial charge is 0.182 e. The van der Waals surface area contributed by atoms with Crippen LogP contribution in [0.3, 0.4) is 0 Å². The predicted octanol–water partition coefficient (Wildman–Crippen LogP) is 4.68. The number of methoxy groups -OCH3 is 1. The zero-order chi connectivity index (χ0) is 15.7. The van der Waals surface area contributed by atoms with E-state index < -0.39 is 5.38 Å². The van der Waals surface area contributed by atoms with E-state index in [1.54, 1.807) is 14.0 Å². The van der Waals surface area contributed by atoms with E-state index in [0.717, 1.165) is 27.3 Å². The second-order valence-corrected chi connectivity index (χ2v) is 6.43. The van der Waals surface area contributed by atoms with Gasteiger partial charge in [-0.25, -0.2) is 0 Å². The highest BCUT2D eigenvalue weighted by Gasteiger charge is 2.20. The van der Waals surface area contributed by atoms with Crippen molar-refractivity contribution >= 4 is 33.3 Å². The van der Waals surface area contributed by atoms with Crippen LogP contribution in [0.4, 0.5) is 0 Å². The van der Waals surface area contributed by atoms with Crippen LogP contribution in [0.25, 0.3) is 5.69 Å². The minimum absolute atomic E-state index is 0.0522. The highest BCUT2D eigenvalue weighted by Crippen LogP contribution is 2.30. The minimum Gasteiger partial charge on any atom is -0.496 e. The molecule has 0 spiro atoms. The highest BCUT2D eigenvalue weighted by molar-refractivity contribution is 9.10. The first-order valence-electron chi connectivity index (χ1n) is 6.58. The number of ether oxygens (including phenoxy) is 1. The molecule has 0 aliphatic rings. The summed E-state index contributed by atoms with van der Waals surface area (Å²) in [5.41, 5.74) is 3.52. The Labute approximate surface area is 138 Å². The van der Waals surface area contributed by atoms with Gasteiger partial charge in [-0.15, -0.1) is 11.6 Å². The topological polar surface area (TPSA) is 31.2 Å². The Morgan fingerprint density at radius 2 is 2.00 bits per heavy atom. The fourth-order valence-corrected chi connectivity index (χ4v) is 3.06. The molecule has 0 aliphatic carbocycles. The summed E-state index contributed by atoms with van der Waals surface area (Å²) in [4.78, 5) is 12.2. The lowest BCUT2D eigenvalue weighted by Crippen LogP contribution is -2.11. The van der Waals surface area contributed by atoms with Crippen LogP contribution in [-0.2, 0) is 0 Å². The summed E-state index contributed by atoms with van der Waals surface area (Å²) in [7, 11) is 1.63. The van der Waals surface area contributed by atoms with E-state index in [2.05, 4.69) is 15.9 Å². The zero-order valence-corrected chi connectivity index (χ0v) is 14.7. The van der Waals surface area contributed by atoms with Gasteiger partial charge in [-0.2, -0.15) is 0 Å². The van der Waals surface area contributed by atoms with E-state index in [1.165, 1.54) is 0 Å². The van der Waals surface area contributed by atoms with E-state index >= 15 is 0 Å². The molecule has 0 amide bonds. The van der Waals surface area contributed by atoms with Crippen LogP contribution in [0.1, 0.15) is 28.7 Å². The summed E-state index contributed by atoms with van der Waals surface area (Å²) in [5, 5.41) is -0.526. The van der Waals surface area contributed by atoms with Gasteiger partial charge in [-0.1, -0.05) is 0 Å². The predicted molar refractivity (Wildman–Crippen MR) is 89.1 cm³/mol.